The first-order chi connectivity index (χ1) is 9.58. The molecule has 0 spiro atoms. The maximum Gasteiger partial charge on any atom is 0.254 e. The minimum atomic E-state index is 0. The van der Waals surface area contributed by atoms with E-state index >= 15 is 0 Å². The van der Waals surface area contributed by atoms with Gasteiger partial charge in [-0.05, 0) is 38.5 Å². The van der Waals surface area contributed by atoms with Crippen LogP contribution >= 0.6 is 12.4 Å². The highest BCUT2D eigenvalue weighted by Crippen LogP contribution is 2.12. The first kappa shape index (κ1) is 18.0. The highest BCUT2D eigenvalue weighted by atomic mass is 35.5. The molecule has 0 aliphatic carbocycles. The Bertz CT molecular complexity index is 448. The lowest BCUT2D eigenvalue weighted by atomic mass is 10.1. The molecule has 1 aromatic rings. The van der Waals surface area contributed by atoms with E-state index in [1.54, 1.807) is 0 Å². The summed E-state index contributed by atoms with van der Waals surface area (Å²) in [4.78, 5) is 14.4. The molecule has 1 heterocycles. The van der Waals surface area contributed by atoms with E-state index in [1.807, 2.05) is 43.0 Å². The summed E-state index contributed by atoms with van der Waals surface area (Å²) in [6.07, 6.45) is 0.220. The molecule has 1 aromatic carbocycles. The molecule has 21 heavy (non-hydrogen) atoms. The summed E-state index contributed by atoms with van der Waals surface area (Å²) in [6, 6.07) is 8.00. The van der Waals surface area contributed by atoms with Crippen molar-refractivity contribution in [3.8, 4) is 0 Å². The minimum Gasteiger partial charge on any atom is -0.374 e. The Kier molecular flexibility index (Phi) is 7.15. The molecule has 0 radical (unpaired) electrons. The number of amides is 1. The molecule has 118 valence electrons. The number of nitrogens with zero attached hydrogens (tertiary/aromatic N) is 1. The van der Waals surface area contributed by atoms with Gasteiger partial charge < -0.3 is 15.0 Å². The number of hydrogen-bond acceptors (Lipinski definition) is 3. The summed E-state index contributed by atoms with van der Waals surface area (Å²) in [5.74, 6) is 0.121. The van der Waals surface area contributed by atoms with Crippen LogP contribution in [-0.4, -0.2) is 42.6 Å². The van der Waals surface area contributed by atoms with Gasteiger partial charge in [0.25, 0.3) is 5.91 Å². The first-order valence-corrected chi connectivity index (χ1v) is 7.30. The highest BCUT2D eigenvalue weighted by Gasteiger charge is 2.23. The lowest BCUT2D eigenvalue weighted by Gasteiger charge is -2.34. The number of carbonyl (C=O) groups is 1. The molecule has 1 atom stereocenters. The van der Waals surface area contributed by atoms with E-state index in [0.29, 0.717) is 6.61 Å². The van der Waals surface area contributed by atoms with E-state index < -0.39 is 0 Å². The van der Waals surface area contributed by atoms with Gasteiger partial charge in [0.15, 0.2) is 0 Å². The minimum absolute atomic E-state index is 0. The highest BCUT2D eigenvalue weighted by molar-refractivity contribution is 5.94. The van der Waals surface area contributed by atoms with E-state index in [2.05, 4.69) is 12.2 Å². The largest absolute Gasteiger partial charge is 0.374 e. The van der Waals surface area contributed by atoms with Crippen molar-refractivity contribution in [3.05, 3.63) is 35.4 Å². The van der Waals surface area contributed by atoms with Crippen molar-refractivity contribution in [2.75, 3.05) is 19.6 Å². The number of rotatable bonds is 4. The Hall–Kier alpha value is -1.10. The van der Waals surface area contributed by atoms with Crippen molar-refractivity contribution in [2.45, 2.75) is 39.5 Å². The summed E-state index contributed by atoms with van der Waals surface area (Å²) >= 11 is 0. The average molecular weight is 313 g/mol. The van der Waals surface area contributed by atoms with Gasteiger partial charge >= 0.3 is 0 Å². The van der Waals surface area contributed by atoms with Gasteiger partial charge in [-0.1, -0.05) is 12.1 Å². The van der Waals surface area contributed by atoms with Gasteiger partial charge in [0.2, 0.25) is 0 Å². The van der Waals surface area contributed by atoms with Crippen molar-refractivity contribution in [1.29, 1.82) is 0 Å². The molecule has 1 saturated heterocycles. The van der Waals surface area contributed by atoms with Gasteiger partial charge in [-0.25, -0.2) is 0 Å². The van der Waals surface area contributed by atoms with Crippen molar-refractivity contribution >= 4 is 18.3 Å². The molecule has 0 bridgehead atoms. The zero-order valence-electron chi connectivity index (χ0n) is 13.0. The Morgan fingerprint density at radius 3 is 2.62 bits per heavy atom. The third-order valence-corrected chi connectivity index (χ3v) is 3.55. The smallest absolute Gasteiger partial charge is 0.254 e. The van der Waals surface area contributed by atoms with Crippen LogP contribution in [0.1, 0.15) is 36.7 Å². The standard InChI is InChI=1S/C16H24N2O2.ClH/c1-12(2)20-11-14-4-6-15(7-5-14)16(19)18-9-8-17-10-13(18)3;/h4-7,12-13,17H,8-11H2,1-3H3;1H/t13-;/m1./s1. The van der Waals surface area contributed by atoms with E-state index in [-0.39, 0.29) is 30.5 Å². The molecule has 2 rings (SSSR count). The van der Waals surface area contributed by atoms with Crippen molar-refractivity contribution in [3.63, 3.8) is 0 Å². The van der Waals surface area contributed by atoms with E-state index in [9.17, 15) is 4.79 Å². The fourth-order valence-corrected chi connectivity index (χ4v) is 2.32. The SMILES string of the molecule is CC(C)OCc1ccc(C(=O)N2CCNC[C@H]2C)cc1.Cl. The zero-order chi connectivity index (χ0) is 14.5. The van der Waals surface area contributed by atoms with Gasteiger partial charge in [-0.15, -0.1) is 12.4 Å². The predicted octanol–water partition coefficient (Wildman–Crippen LogP) is 2.47. The number of nitrogens with one attached hydrogen (secondary N) is 1. The Morgan fingerprint density at radius 1 is 1.38 bits per heavy atom. The number of halogens is 1. The molecular weight excluding hydrogens is 288 g/mol. The zero-order valence-corrected chi connectivity index (χ0v) is 13.8. The number of ether oxygens (including phenoxy) is 1. The first-order valence-electron chi connectivity index (χ1n) is 7.30. The quantitative estimate of drug-likeness (QED) is 0.928. The van der Waals surface area contributed by atoms with Gasteiger partial charge in [0.1, 0.15) is 0 Å². The van der Waals surface area contributed by atoms with Crippen LogP contribution in [0.4, 0.5) is 0 Å². The van der Waals surface area contributed by atoms with Crippen molar-refractivity contribution < 1.29 is 9.53 Å². The normalized spacial score (nSPS) is 18.5. The lowest BCUT2D eigenvalue weighted by molar-refractivity contribution is 0.0644. The predicted molar refractivity (Wildman–Crippen MR) is 87.0 cm³/mol. The average Bonchev–Trinajstić information content (AvgIpc) is 2.45. The number of hydrogen-bond donors (Lipinski definition) is 1. The summed E-state index contributed by atoms with van der Waals surface area (Å²) < 4.78 is 5.56. The van der Waals surface area contributed by atoms with Crippen molar-refractivity contribution in [2.24, 2.45) is 0 Å². The molecule has 0 aromatic heterocycles. The number of benzene rings is 1. The van der Waals surface area contributed by atoms with Crippen LogP contribution in [0.2, 0.25) is 0 Å². The molecule has 4 nitrogen and oxygen atoms in total. The Balaban J connectivity index is 0.00000220. The van der Waals surface area contributed by atoms with Gasteiger partial charge in [0.05, 0.1) is 12.7 Å². The summed E-state index contributed by atoms with van der Waals surface area (Å²) in [5.41, 5.74) is 1.86. The number of piperazine rings is 1. The summed E-state index contributed by atoms with van der Waals surface area (Å²) in [6.45, 7) is 9.22. The van der Waals surface area contributed by atoms with Crippen LogP contribution in [0.5, 0.6) is 0 Å². The van der Waals surface area contributed by atoms with Crippen LogP contribution in [0.25, 0.3) is 0 Å². The fourth-order valence-electron chi connectivity index (χ4n) is 2.32. The molecular formula is C16H25ClN2O2. The second-order valence-electron chi connectivity index (χ2n) is 5.61. The third-order valence-electron chi connectivity index (χ3n) is 3.55. The van der Waals surface area contributed by atoms with Gasteiger partial charge in [-0.2, -0.15) is 0 Å². The molecule has 1 aliphatic rings. The lowest BCUT2D eigenvalue weighted by Crippen LogP contribution is -2.52. The molecule has 5 heteroatoms. The third kappa shape index (κ3) is 4.99. The summed E-state index contributed by atoms with van der Waals surface area (Å²) in [7, 11) is 0. The fraction of sp³-hybridized carbons (Fsp3) is 0.562. The van der Waals surface area contributed by atoms with Crippen LogP contribution in [0, 0.1) is 0 Å². The molecule has 1 N–H and O–H groups in total. The van der Waals surface area contributed by atoms with Gasteiger partial charge in [0, 0.05) is 31.2 Å². The Morgan fingerprint density at radius 2 is 2.05 bits per heavy atom. The van der Waals surface area contributed by atoms with E-state index in [4.69, 9.17) is 4.74 Å². The molecule has 0 unspecified atom stereocenters. The maximum absolute atomic E-state index is 12.5. The van der Waals surface area contributed by atoms with Crippen LogP contribution < -0.4 is 5.32 Å². The molecule has 1 aliphatic heterocycles. The van der Waals surface area contributed by atoms with E-state index in [1.165, 1.54) is 0 Å². The molecule has 1 fully saturated rings. The van der Waals surface area contributed by atoms with Crippen molar-refractivity contribution in [1.82, 2.24) is 10.2 Å². The van der Waals surface area contributed by atoms with Crippen LogP contribution in [-0.2, 0) is 11.3 Å². The monoisotopic (exact) mass is 312 g/mol. The summed E-state index contributed by atoms with van der Waals surface area (Å²) in [5, 5.41) is 3.30. The van der Waals surface area contributed by atoms with Gasteiger partial charge in [-0.3, -0.25) is 4.79 Å². The Labute approximate surface area is 133 Å². The number of carbonyl (C=O) groups excluding carboxylic acids is 1. The van der Waals surface area contributed by atoms with Crippen LogP contribution in [0.3, 0.4) is 0 Å². The molecule has 0 saturated carbocycles. The second-order valence-corrected chi connectivity index (χ2v) is 5.61. The van der Waals surface area contributed by atoms with E-state index in [0.717, 1.165) is 30.8 Å². The van der Waals surface area contributed by atoms with Crippen LogP contribution in [0.15, 0.2) is 24.3 Å². The topological polar surface area (TPSA) is 41.6 Å². The molecule has 1 amide bonds. The maximum atomic E-state index is 12.5. The second kappa shape index (κ2) is 8.37.